The van der Waals surface area contributed by atoms with E-state index in [0.29, 0.717) is 11.3 Å². The fourth-order valence-corrected chi connectivity index (χ4v) is 4.63. The van der Waals surface area contributed by atoms with Gasteiger partial charge in [0, 0.05) is 12.6 Å². The molecule has 186 valence electrons. The smallest absolute Gasteiger partial charge is 0.295 e. The number of halogens is 1. The molecular weight excluding hydrogens is 482 g/mol. The minimum absolute atomic E-state index is 0.0360. The van der Waals surface area contributed by atoms with Crippen LogP contribution in [0.5, 0.6) is 17.2 Å². The number of benzene rings is 3. The van der Waals surface area contributed by atoms with Crippen LogP contribution in [-0.2, 0) is 16.1 Å². The van der Waals surface area contributed by atoms with Gasteiger partial charge < -0.3 is 24.6 Å². The van der Waals surface area contributed by atoms with Crippen molar-refractivity contribution < 1.29 is 29.3 Å². The molecule has 0 spiro atoms. The largest absolute Gasteiger partial charge is 0.508 e. The molecular formula is C28H26ClNO6. The Kier molecular flexibility index (Phi) is 6.95. The standard InChI is InChI=1S/C28H26ClNO6/c1-15-5-6-16(2)18(11-15)14-30-25(17-7-9-19(31)10-8-17)24(27(33)28(30)34)26(32)20-12-21(29)23(36-4)13-22(20)35-3/h5-13,25,31-32H,14H2,1-4H3/b26-24+. The van der Waals surface area contributed by atoms with Gasteiger partial charge in [0.1, 0.15) is 23.0 Å². The van der Waals surface area contributed by atoms with Crippen LogP contribution in [0.4, 0.5) is 0 Å². The molecule has 2 N–H and O–H groups in total. The molecule has 8 heteroatoms. The van der Waals surface area contributed by atoms with E-state index in [1.54, 1.807) is 12.1 Å². The highest BCUT2D eigenvalue weighted by Gasteiger charge is 2.46. The van der Waals surface area contributed by atoms with E-state index in [1.807, 2.05) is 32.0 Å². The number of aliphatic hydroxyl groups is 1. The first-order valence-corrected chi connectivity index (χ1v) is 11.6. The van der Waals surface area contributed by atoms with Gasteiger partial charge in [-0.15, -0.1) is 0 Å². The summed E-state index contributed by atoms with van der Waals surface area (Å²) in [5, 5.41) is 21.4. The predicted octanol–water partition coefficient (Wildman–Crippen LogP) is 5.30. The molecule has 1 saturated heterocycles. The van der Waals surface area contributed by atoms with E-state index in [0.717, 1.165) is 16.7 Å². The zero-order valence-electron chi connectivity index (χ0n) is 20.3. The molecule has 1 atom stereocenters. The first-order chi connectivity index (χ1) is 17.2. The summed E-state index contributed by atoms with van der Waals surface area (Å²) in [7, 11) is 2.86. The van der Waals surface area contributed by atoms with Gasteiger partial charge in [-0.2, -0.15) is 0 Å². The van der Waals surface area contributed by atoms with Crippen LogP contribution in [0.15, 0.2) is 60.2 Å². The van der Waals surface area contributed by atoms with Crippen molar-refractivity contribution >= 4 is 29.1 Å². The summed E-state index contributed by atoms with van der Waals surface area (Å²) in [6.07, 6.45) is 0. The number of carbonyl (C=O) groups excluding carboxylic acids is 2. The minimum atomic E-state index is -0.906. The Hall–Kier alpha value is -3.97. The van der Waals surface area contributed by atoms with Crippen molar-refractivity contribution in [1.82, 2.24) is 4.90 Å². The molecule has 36 heavy (non-hydrogen) atoms. The Labute approximate surface area is 214 Å². The number of ether oxygens (including phenoxy) is 2. The molecule has 0 radical (unpaired) electrons. The lowest BCUT2D eigenvalue weighted by Gasteiger charge is -2.26. The number of aliphatic hydroxyl groups excluding tert-OH is 1. The van der Waals surface area contributed by atoms with Crippen molar-refractivity contribution in [3.63, 3.8) is 0 Å². The number of amides is 1. The summed E-state index contributed by atoms with van der Waals surface area (Å²) in [6, 6.07) is 14.1. The molecule has 3 aromatic carbocycles. The molecule has 0 bridgehead atoms. The molecule has 0 aromatic heterocycles. The minimum Gasteiger partial charge on any atom is -0.508 e. The number of aryl methyl sites for hydroxylation is 2. The third kappa shape index (κ3) is 4.50. The van der Waals surface area contributed by atoms with Crippen LogP contribution in [0.2, 0.25) is 5.02 Å². The van der Waals surface area contributed by atoms with Gasteiger partial charge in [0.15, 0.2) is 0 Å². The van der Waals surface area contributed by atoms with Crippen molar-refractivity contribution in [3.05, 3.63) is 93.0 Å². The lowest BCUT2D eigenvalue weighted by Crippen LogP contribution is -2.29. The molecule has 1 unspecified atom stereocenters. The highest BCUT2D eigenvalue weighted by molar-refractivity contribution is 6.46. The Morgan fingerprint density at radius 3 is 2.28 bits per heavy atom. The van der Waals surface area contributed by atoms with E-state index in [-0.39, 0.29) is 34.2 Å². The number of Topliss-reactive ketones (excluding diaryl/α,β-unsaturated/α-hetero) is 1. The summed E-state index contributed by atoms with van der Waals surface area (Å²) < 4.78 is 10.6. The summed E-state index contributed by atoms with van der Waals surface area (Å²) in [5.74, 6) is -1.40. The van der Waals surface area contributed by atoms with Crippen molar-refractivity contribution in [2.75, 3.05) is 14.2 Å². The number of hydrogen-bond donors (Lipinski definition) is 2. The van der Waals surface area contributed by atoms with Crippen LogP contribution >= 0.6 is 11.6 Å². The average Bonchev–Trinajstić information content (AvgIpc) is 3.11. The predicted molar refractivity (Wildman–Crippen MR) is 136 cm³/mol. The van der Waals surface area contributed by atoms with Crippen LogP contribution in [0, 0.1) is 13.8 Å². The van der Waals surface area contributed by atoms with E-state index in [4.69, 9.17) is 21.1 Å². The van der Waals surface area contributed by atoms with E-state index in [9.17, 15) is 19.8 Å². The third-order valence-corrected chi connectivity index (χ3v) is 6.62. The second-order valence-electron chi connectivity index (χ2n) is 8.64. The number of ketones is 1. The van der Waals surface area contributed by atoms with E-state index >= 15 is 0 Å². The van der Waals surface area contributed by atoms with Gasteiger partial charge in [0.2, 0.25) is 0 Å². The molecule has 1 aliphatic heterocycles. The monoisotopic (exact) mass is 507 g/mol. The number of nitrogens with zero attached hydrogens (tertiary/aromatic N) is 1. The first-order valence-electron chi connectivity index (χ1n) is 11.2. The number of methoxy groups -OCH3 is 2. The van der Waals surface area contributed by atoms with Crippen LogP contribution < -0.4 is 9.47 Å². The molecule has 1 aliphatic rings. The molecule has 4 rings (SSSR count). The van der Waals surface area contributed by atoms with Crippen LogP contribution in [0.25, 0.3) is 5.76 Å². The maximum atomic E-state index is 13.4. The van der Waals surface area contributed by atoms with Crippen molar-refractivity contribution in [3.8, 4) is 17.2 Å². The summed E-state index contributed by atoms with van der Waals surface area (Å²) in [4.78, 5) is 28.1. The zero-order chi connectivity index (χ0) is 26.1. The molecule has 1 amide bonds. The number of phenols is 1. The lowest BCUT2D eigenvalue weighted by molar-refractivity contribution is -0.140. The van der Waals surface area contributed by atoms with Gasteiger partial charge in [0.25, 0.3) is 11.7 Å². The number of hydrogen-bond acceptors (Lipinski definition) is 6. The highest BCUT2D eigenvalue weighted by atomic mass is 35.5. The van der Waals surface area contributed by atoms with Gasteiger partial charge in [-0.05, 0) is 48.7 Å². The number of carbonyl (C=O) groups is 2. The molecule has 0 saturated carbocycles. The Morgan fingerprint density at radius 1 is 0.972 bits per heavy atom. The van der Waals surface area contributed by atoms with Gasteiger partial charge in [-0.3, -0.25) is 9.59 Å². The Bertz CT molecular complexity index is 1380. The molecule has 0 aliphatic carbocycles. The van der Waals surface area contributed by atoms with Crippen molar-refractivity contribution in [1.29, 1.82) is 0 Å². The summed E-state index contributed by atoms with van der Waals surface area (Å²) in [5.41, 5.74) is 3.47. The summed E-state index contributed by atoms with van der Waals surface area (Å²) in [6.45, 7) is 4.04. The van der Waals surface area contributed by atoms with Crippen LogP contribution in [0.3, 0.4) is 0 Å². The maximum absolute atomic E-state index is 13.4. The second kappa shape index (κ2) is 9.95. The normalized spacial score (nSPS) is 16.9. The van der Waals surface area contributed by atoms with E-state index in [2.05, 4.69) is 0 Å². The van der Waals surface area contributed by atoms with Crippen LogP contribution in [-0.4, -0.2) is 41.0 Å². The highest BCUT2D eigenvalue weighted by Crippen LogP contribution is 2.44. The fraction of sp³-hybridized carbons (Fsp3) is 0.214. The molecule has 1 heterocycles. The van der Waals surface area contributed by atoms with Crippen molar-refractivity contribution in [2.24, 2.45) is 0 Å². The topological polar surface area (TPSA) is 96.3 Å². The fourth-order valence-electron chi connectivity index (χ4n) is 4.39. The number of aromatic hydroxyl groups is 1. The van der Waals surface area contributed by atoms with Crippen LogP contribution in [0.1, 0.15) is 33.9 Å². The zero-order valence-corrected chi connectivity index (χ0v) is 21.1. The quantitative estimate of drug-likeness (QED) is 0.267. The molecule has 7 nitrogen and oxygen atoms in total. The number of rotatable bonds is 6. The second-order valence-corrected chi connectivity index (χ2v) is 9.04. The maximum Gasteiger partial charge on any atom is 0.295 e. The van der Waals surface area contributed by atoms with E-state index in [1.165, 1.54) is 43.4 Å². The lowest BCUT2D eigenvalue weighted by atomic mass is 9.94. The SMILES string of the molecule is COc1cc(OC)c(/C(O)=C2\C(=O)C(=O)N(Cc3cc(C)ccc3C)C2c2ccc(O)cc2)cc1Cl. The first kappa shape index (κ1) is 25.1. The Balaban J connectivity index is 1.93. The molecule has 1 fully saturated rings. The van der Waals surface area contributed by atoms with Gasteiger partial charge in [-0.1, -0.05) is 47.5 Å². The summed E-state index contributed by atoms with van der Waals surface area (Å²) >= 11 is 6.31. The van der Waals surface area contributed by atoms with Crippen molar-refractivity contribution in [2.45, 2.75) is 26.4 Å². The van der Waals surface area contributed by atoms with E-state index < -0.39 is 23.5 Å². The number of phenolic OH excluding ortho intramolecular Hbond substituents is 1. The average molecular weight is 508 g/mol. The Morgan fingerprint density at radius 2 is 1.64 bits per heavy atom. The van der Waals surface area contributed by atoms with Gasteiger partial charge in [-0.25, -0.2) is 0 Å². The molecule has 3 aromatic rings. The number of likely N-dealkylation sites (tertiary alicyclic amines) is 1. The van der Waals surface area contributed by atoms with Gasteiger partial charge in [0.05, 0.1) is 36.4 Å². The van der Waals surface area contributed by atoms with Gasteiger partial charge >= 0.3 is 0 Å². The third-order valence-electron chi connectivity index (χ3n) is 6.32.